The van der Waals surface area contributed by atoms with E-state index < -0.39 is 5.97 Å². The third kappa shape index (κ3) is 5.80. The Morgan fingerprint density at radius 2 is 1.94 bits per heavy atom. The van der Waals surface area contributed by atoms with Crippen molar-refractivity contribution >= 4 is 45.9 Å². The van der Waals surface area contributed by atoms with Gasteiger partial charge >= 0.3 is 5.97 Å². The van der Waals surface area contributed by atoms with Crippen LogP contribution in [0.25, 0.3) is 0 Å². The third-order valence-electron chi connectivity index (χ3n) is 5.02. The normalized spacial score (nSPS) is 12.8. The van der Waals surface area contributed by atoms with Gasteiger partial charge in [-0.2, -0.15) is 0 Å². The molecule has 1 aromatic heterocycles. The molecule has 1 aliphatic rings. The number of amides is 2. The summed E-state index contributed by atoms with van der Waals surface area (Å²) < 4.78 is 10.1. The van der Waals surface area contributed by atoms with E-state index in [-0.39, 0.29) is 11.8 Å². The Morgan fingerprint density at radius 1 is 1.19 bits per heavy atom. The first-order valence-electron chi connectivity index (χ1n) is 9.98. The van der Waals surface area contributed by atoms with Gasteiger partial charge in [0.2, 0.25) is 11.8 Å². The average molecular weight is 463 g/mol. The second-order valence-corrected chi connectivity index (χ2v) is 9.34. The number of anilines is 1. The van der Waals surface area contributed by atoms with Crippen molar-refractivity contribution in [1.82, 2.24) is 4.90 Å². The average Bonchev–Trinajstić information content (AvgIpc) is 3.13. The lowest BCUT2D eigenvalue weighted by Crippen LogP contribution is -2.33. The van der Waals surface area contributed by atoms with E-state index in [1.165, 1.54) is 25.4 Å². The van der Waals surface area contributed by atoms with Crippen molar-refractivity contribution in [3.8, 4) is 5.75 Å². The van der Waals surface area contributed by atoms with Crippen LogP contribution < -0.4 is 10.1 Å². The van der Waals surface area contributed by atoms with Crippen molar-refractivity contribution in [3.05, 3.63) is 40.3 Å². The van der Waals surface area contributed by atoms with Crippen LogP contribution in [0.1, 0.15) is 40.6 Å². The molecule has 3 rings (SSSR count). The highest BCUT2D eigenvalue weighted by Gasteiger charge is 2.29. The van der Waals surface area contributed by atoms with E-state index in [0.29, 0.717) is 42.9 Å². The summed E-state index contributed by atoms with van der Waals surface area (Å²) in [4.78, 5) is 40.4. The predicted molar refractivity (Wildman–Crippen MR) is 122 cm³/mol. The second kappa shape index (κ2) is 10.7. The standard InChI is InChI=1S/C22H26N2O5S2/c1-14(25)24-11-10-17-18(13-24)31-21(20(17)22(27)29-3)23-19(26)5-4-12-30-16-8-6-15(28-2)7-9-16/h6-9H,4-5,10-13H2,1-3H3,(H,23,26). The van der Waals surface area contributed by atoms with Gasteiger partial charge < -0.3 is 19.7 Å². The number of rotatable bonds is 8. The smallest absolute Gasteiger partial charge is 0.341 e. The number of benzene rings is 1. The van der Waals surface area contributed by atoms with Gasteiger partial charge in [0.05, 0.1) is 26.3 Å². The summed E-state index contributed by atoms with van der Waals surface area (Å²) >= 11 is 3.03. The number of esters is 1. The Labute approximate surface area is 190 Å². The molecule has 0 saturated heterocycles. The lowest BCUT2D eigenvalue weighted by molar-refractivity contribution is -0.129. The van der Waals surface area contributed by atoms with E-state index in [0.717, 1.165) is 26.8 Å². The Hall–Kier alpha value is -2.52. The minimum atomic E-state index is -0.459. The molecule has 7 nitrogen and oxygen atoms in total. The van der Waals surface area contributed by atoms with E-state index in [1.807, 2.05) is 24.3 Å². The Bertz CT molecular complexity index is 956. The highest BCUT2D eigenvalue weighted by Crippen LogP contribution is 2.37. The van der Waals surface area contributed by atoms with Crippen LogP contribution in [-0.4, -0.2) is 49.2 Å². The quantitative estimate of drug-likeness (QED) is 0.363. The molecule has 1 aliphatic heterocycles. The number of hydrogen-bond acceptors (Lipinski definition) is 7. The largest absolute Gasteiger partial charge is 0.497 e. The Morgan fingerprint density at radius 3 is 2.58 bits per heavy atom. The maximum atomic E-state index is 12.5. The molecule has 9 heteroatoms. The van der Waals surface area contributed by atoms with Gasteiger partial charge in [-0.1, -0.05) is 0 Å². The third-order valence-corrected chi connectivity index (χ3v) is 7.25. The number of thioether (sulfide) groups is 1. The molecule has 0 atom stereocenters. The van der Waals surface area contributed by atoms with Gasteiger partial charge in [0.25, 0.3) is 0 Å². The lowest BCUT2D eigenvalue weighted by atomic mass is 10.0. The molecule has 166 valence electrons. The first kappa shape index (κ1) is 23.1. The molecule has 0 bridgehead atoms. The van der Waals surface area contributed by atoms with E-state index in [2.05, 4.69) is 5.32 Å². The van der Waals surface area contributed by atoms with Crippen LogP contribution in [0.2, 0.25) is 0 Å². The van der Waals surface area contributed by atoms with Crippen molar-refractivity contribution in [2.75, 3.05) is 31.8 Å². The van der Waals surface area contributed by atoms with Crippen LogP contribution in [0.5, 0.6) is 5.75 Å². The molecule has 0 radical (unpaired) electrons. The van der Waals surface area contributed by atoms with Crippen molar-refractivity contribution in [2.24, 2.45) is 0 Å². The van der Waals surface area contributed by atoms with Gasteiger partial charge in [0, 0.05) is 29.7 Å². The summed E-state index contributed by atoms with van der Waals surface area (Å²) in [5, 5.41) is 3.40. The van der Waals surface area contributed by atoms with Crippen LogP contribution in [0.15, 0.2) is 29.2 Å². The Kier molecular flexibility index (Phi) is 7.97. The van der Waals surface area contributed by atoms with Crippen molar-refractivity contribution in [3.63, 3.8) is 0 Å². The SMILES string of the molecule is COC(=O)c1c(NC(=O)CCCSc2ccc(OC)cc2)sc2c1CCN(C(C)=O)C2. The molecular weight excluding hydrogens is 436 g/mol. The van der Waals surface area contributed by atoms with Crippen molar-refractivity contribution < 1.29 is 23.9 Å². The van der Waals surface area contributed by atoms with Gasteiger partial charge in [-0.25, -0.2) is 4.79 Å². The maximum Gasteiger partial charge on any atom is 0.341 e. The fourth-order valence-corrected chi connectivity index (χ4v) is 5.48. The summed E-state index contributed by atoms with van der Waals surface area (Å²) in [6.45, 7) is 2.54. The number of thiophene rings is 1. The number of hydrogen-bond donors (Lipinski definition) is 1. The molecule has 31 heavy (non-hydrogen) atoms. The number of fused-ring (bicyclic) bond motifs is 1. The maximum absolute atomic E-state index is 12.5. The molecule has 2 amide bonds. The molecule has 0 unspecified atom stereocenters. The number of carbonyl (C=O) groups is 3. The van der Waals surface area contributed by atoms with E-state index >= 15 is 0 Å². The minimum Gasteiger partial charge on any atom is -0.497 e. The van der Waals surface area contributed by atoms with Crippen LogP contribution in [0.3, 0.4) is 0 Å². The monoisotopic (exact) mass is 462 g/mol. The number of nitrogens with one attached hydrogen (secondary N) is 1. The summed E-state index contributed by atoms with van der Waals surface area (Å²) in [5.41, 5.74) is 1.30. The van der Waals surface area contributed by atoms with Crippen LogP contribution in [0, 0.1) is 0 Å². The molecule has 1 N–H and O–H groups in total. The fourth-order valence-electron chi connectivity index (χ4n) is 3.36. The number of carbonyl (C=O) groups excluding carboxylic acids is 3. The van der Waals surface area contributed by atoms with Crippen molar-refractivity contribution in [1.29, 1.82) is 0 Å². The molecule has 2 heterocycles. The van der Waals surface area contributed by atoms with Gasteiger partial charge in [-0.15, -0.1) is 23.1 Å². The van der Waals surface area contributed by atoms with Crippen LogP contribution >= 0.6 is 23.1 Å². The van der Waals surface area contributed by atoms with E-state index in [4.69, 9.17) is 9.47 Å². The highest BCUT2D eigenvalue weighted by atomic mass is 32.2. The minimum absolute atomic E-state index is 0.00128. The zero-order chi connectivity index (χ0) is 22.4. The van der Waals surface area contributed by atoms with Crippen LogP contribution in [0.4, 0.5) is 5.00 Å². The Balaban J connectivity index is 1.58. The fraction of sp³-hybridized carbons (Fsp3) is 0.409. The summed E-state index contributed by atoms with van der Waals surface area (Å²) in [7, 11) is 2.97. The second-order valence-electron chi connectivity index (χ2n) is 7.07. The highest BCUT2D eigenvalue weighted by molar-refractivity contribution is 7.99. The first-order chi connectivity index (χ1) is 14.9. The van der Waals surface area contributed by atoms with Crippen molar-refractivity contribution in [2.45, 2.75) is 37.6 Å². The molecule has 0 aliphatic carbocycles. The van der Waals surface area contributed by atoms with Gasteiger partial charge in [0.1, 0.15) is 10.8 Å². The van der Waals surface area contributed by atoms with Gasteiger partial charge in [0.15, 0.2) is 0 Å². The zero-order valence-corrected chi connectivity index (χ0v) is 19.5. The molecule has 0 saturated carbocycles. The van der Waals surface area contributed by atoms with E-state index in [9.17, 15) is 14.4 Å². The summed E-state index contributed by atoms with van der Waals surface area (Å²) in [6.07, 6.45) is 1.63. The van der Waals surface area contributed by atoms with Crippen LogP contribution in [-0.2, 0) is 27.3 Å². The summed E-state index contributed by atoms with van der Waals surface area (Å²) in [6, 6.07) is 7.81. The number of methoxy groups -OCH3 is 2. The first-order valence-corrected chi connectivity index (χ1v) is 11.8. The number of nitrogens with zero attached hydrogens (tertiary/aromatic N) is 1. The predicted octanol–water partition coefficient (Wildman–Crippen LogP) is 3.96. The summed E-state index contributed by atoms with van der Waals surface area (Å²) in [5.74, 6) is 1.02. The number of ether oxygens (including phenoxy) is 2. The molecular formula is C22H26N2O5S2. The van der Waals surface area contributed by atoms with Gasteiger partial charge in [-0.3, -0.25) is 9.59 Å². The van der Waals surface area contributed by atoms with Gasteiger partial charge in [-0.05, 0) is 48.4 Å². The molecule has 1 aromatic carbocycles. The topological polar surface area (TPSA) is 84.9 Å². The molecule has 0 fully saturated rings. The molecule has 0 spiro atoms. The van der Waals surface area contributed by atoms with E-state index in [1.54, 1.807) is 23.8 Å². The molecule has 2 aromatic rings. The zero-order valence-electron chi connectivity index (χ0n) is 17.9. The lowest BCUT2D eigenvalue weighted by Gasteiger charge is -2.25.